The molecule has 0 saturated heterocycles. The second-order valence-corrected chi connectivity index (χ2v) is 6.03. The summed E-state index contributed by atoms with van der Waals surface area (Å²) in [6.07, 6.45) is 5.65. The third-order valence-electron chi connectivity index (χ3n) is 4.21. The summed E-state index contributed by atoms with van der Waals surface area (Å²) in [7, 11) is 0. The lowest BCUT2D eigenvalue weighted by molar-refractivity contribution is -0.0227. The number of benzene rings is 1. The van der Waals surface area contributed by atoms with Crippen LogP contribution in [0.3, 0.4) is 0 Å². The molecule has 1 aromatic carbocycles. The van der Waals surface area contributed by atoms with Gasteiger partial charge in [0.1, 0.15) is 5.71 Å². The Morgan fingerprint density at radius 1 is 1.04 bits per heavy atom. The summed E-state index contributed by atoms with van der Waals surface area (Å²) in [5.41, 5.74) is 6.09. The second kappa shape index (κ2) is 10.8. The number of hydrogen-bond acceptors (Lipinski definition) is 5. The maximum Gasteiger partial charge on any atom is 0.189 e. The van der Waals surface area contributed by atoms with Gasteiger partial charge in [-0.05, 0) is 19.8 Å². The largest absolute Gasteiger partial charge is 0.463 e. The first-order valence-corrected chi connectivity index (χ1v) is 9.42. The number of nitrogens with one attached hydrogen (secondary N) is 1. The van der Waals surface area contributed by atoms with Gasteiger partial charge in [-0.2, -0.15) is 5.10 Å². The van der Waals surface area contributed by atoms with Crippen LogP contribution in [0, 0.1) is 0 Å². The Morgan fingerprint density at radius 3 is 2.52 bits per heavy atom. The van der Waals surface area contributed by atoms with Gasteiger partial charge in [0.15, 0.2) is 12.6 Å². The standard InChI is InChI=1S/C20H31N3O2/c1-4-7-8-12-15-24-16-25-20-18(5-2)23(6-3)22-21-19(20)17-13-10-9-11-14-17/h9-11,13-14,22H,4-8,12,15-16H2,1-3H3. The molecule has 0 unspecified atom stereocenters. The number of hydrazone groups is 1. The van der Waals surface area contributed by atoms with E-state index in [1.54, 1.807) is 0 Å². The first-order valence-electron chi connectivity index (χ1n) is 9.42. The molecule has 1 aromatic rings. The van der Waals surface area contributed by atoms with E-state index in [2.05, 4.69) is 31.4 Å². The van der Waals surface area contributed by atoms with Gasteiger partial charge in [0.2, 0.25) is 0 Å². The number of nitrogens with zero attached hydrogens (tertiary/aromatic N) is 2. The highest BCUT2D eigenvalue weighted by atomic mass is 16.7. The summed E-state index contributed by atoms with van der Waals surface area (Å²) in [6.45, 7) is 8.25. The molecule has 1 aliphatic rings. The average molecular weight is 345 g/mol. The van der Waals surface area contributed by atoms with Crippen molar-refractivity contribution in [3.05, 3.63) is 47.4 Å². The number of hydrogen-bond donors (Lipinski definition) is 1. The van der Waals surface area contributed by atoms with Gasteiger partial charge < -0.3 is 9.47 Å². The van der Waals surface area contributed by atoms with E-state index in [4.69, 9.17) is 9.47 Å². The van der Waals surface area contributed by atoms with Gasteiger partial charge in [-0.15, -0.1) is 0 Å². The maximum atomic E-state index is 6.04. The topological polar surface area (TPSA) is 46.1 Å². The van der Waals surface area contributed by atoms with Crippen molar-refractivity contribution in [2.45, 2.75) is 52.9 Å². The fourth-order valence-corrected chi connectivity index (χ4v) is 2.83. The SMILES string of the molecule is CCCCCCOCOC1=C(CC)N(CC)NN=C1c1ccccc1. The molecule has 0 bridgehead atoms. The molecule has 0 saturated carbocycles. The van der Waals surface area contributed by atoms with Gasteiger partial charge in [-0.1, -0.05) is 63.4 Å². The minimum absolute atomic E-state index is 0.258. The quantitative estimate of drug-likeness (QED) is 0.476. The minimum atomic E-state index is 0.258. The number of allylic oxidation sites excluding steroid dienone is 2. The van der Waals surface area contributed by atoms with Crippen LogP contribution in [0.5, 0.6) is 0 Å². The van der Waals surface area contributed by atoms with Crippen LogP contribution in [0.1, 0.15) is 58.4 Å². The molecule has 0 atom stereocenters. The fraction of sp³-hybridized carbons (Fsp3) is 0.550. The fourth-order valence-electron chi connectivity index (χ4n) is 2.83. The van der Waals surface area contributed by atoms with E-state index in [1.165, 1.54) is 19.3 Å². The summed E-state index contributed by atoms with van der Waals surface area (Å²) in [5, 5.41) is 6.54. The van der Waals surface area contributed by atoms with E-state index >= 15 is 0 Å². The zero-order chi connectivity index (χ0) is 17.9. The second-order valence-electron chi connectivity index (χ2n) is 6.03. The Kier molecular flexibility index (Phi) is 8.32. The summed E-state index contributed by atoms with van der Waals surface area (Å²) in [4.78, 5) is 0. The Bertz CT molecular complexity index is 570. The van der Waals surface area contributed by atoms with Gasteiger partial charge in [0.05, 0.1) is 12.3 Å². The predicted octanol–water partition coefficient (Wildman–Crippen LogP) is 4.42. The molecule has 5 nitrogen and oxygen atoms in total. The van der Waals surface area contributed by atoms with Crippen molar-refractivity contribution in [2.24, 2.45) is 5.10 Å². The molecule has 0 amide bonds. The van der Waals surface area contributed by atoms with Gasteiger partial charge in [-0.3, -0.25) is 5.01 Å². The molecular formula is C20H31N3O2. The third kappa shape index (κ3) is 5.49. The van der Waals surface area contributed by atoms with Crippen molar-refractivity contribution < 1.29 is 9.47 Å². The molecular weight excluding hydrogens is 314 g/mol. The van der Waals surface area contributed by atoms with E-state index in [-0.39, 0.29) is 6.79 Å². The van der Waals surface area contributed by atoms with Crippen molar-refractivity contribution in [1.29, 1.82) is 0 Å². The molecule has 1 aliphatic heterocycles. The normalized spacial score (nSPS) is 14.4. The smallest absolute Gasteiger partial charge is 0.189 e. The zero-order valence-corrected chi connectivity index (χ0v) is 15.8. The lowest BCUT2D eigenvalue weighted by atomic mass is 10.1. The Morgan fingerprint density at radius 2 is 1.84 bits per heavy atom. The molecule has 1 heterocycles. The first kappa shape index (κ1) is 19.3. The summed E-state index contributed by atoms with van der Waals surface area (Å²) in [6, 6.07) is 10.1. The molecule has 0 aromatic heterocycles. The van der Waals surface area contributed by atoms with E-state index in [9.17, 15) is 0 Å². The van der Waals surface area contributed by atoms with Crippen molar-refractivity contribution in [3.8, 4) is 0 Å². The summed E-state index contributed by atoms with van der Waals surface area (Å²) >= 11 is 0. The third-order valence-corrected chi connectivity index (χ3v) is 4.21. The number of unbranched alkanes of at least 4 members (excludes halogenated alkanes) is 3. The lowest BCUT2D eigenvalue weighted by Crippen LogP contribution is -2.40. The zero-order valence-electron chi connectivity index (χ0n) is 15.8. The Hall–Kier alpha value is -2.01. The molecule has 25 heavy (non-hydrogen) atoms. The minimum Gasteiger partial charge on any atom is -0.463 e. The van der Waals surface area contributed by atoms with Gasteiger partial charge >= 0.3 is 0 Å². The van der Waals surface area contributed by atoms with Gasteiger partial charge in [-0.25, -0.2) is 5.53 Å². The van der Waals surface area contributed by atoms with E-state index in [0.717, 1.165) is 48.7 Å². The van der Waals surface area contributed by atoms with Crippen LogP contribution >= 0.6 is 0 Å². The highest BCUT2D eigenvalue weighted by Crippen LogP contribution is 2.22. The molecule has 0 aliphatic carbocycles. The van der Waals surface area contributed by atoms with E-state index < -0.39 is 0 Å². The number of hydrazine groups is 1. The van der Waals surface area contributed by atoms with Crippen molar-refractivity contribution in [2.75, 3.05) is 19.9 Å². The van der Waals surface area contributed by atoms with Crippen LogP contribution in [0.2, 0.25) is 0 Å². The van der Waals surface area contributed by atoms with Crippen LogP contribution in [-0.4, -0.2) is 30.7 Å². The molecule has 0 radical (unpaired) electrons. The van der Waals surface area contributed by atoms with Crippen LogP contribution in [0.25, 0.3) is 0 Å². The lowest BCUT2D eigenvalue weighted by Gasteiger charge is -2.31. The number of ether oxygens (including phenoxy) is 2. The van der Waals surface area contributed by atoms with E-state index in [0.29, 0.717) is 0 Å². The van der Waals surface area contributed by atoms with Crippen molar-refractivity contribution in [1.82, 2.24) is 10.5 Å². The average Bonchev–Trinajstić information content (AvgIpc) is 2.67. The Labute approximate surface area is 151 Å². The maximum absolute atomic E-state index is 6.04. The van der Waals surface area contributed by atoms with Gasteiger partial charge in [0, 0.05) is 12.1 Å². The predicted molar refractivity (Wildman–Crippen MR) is 102 cm³/mol. The van der Waals surface area contributed by atoms with Crippen LogP contribution in [-0.2, 0) is 9.47 Å². The van der Waals surface area contributed by atoms with Crippen LogP contribution < -0.4 is 5.53 Å². The molecule has 138 valence electrons. The van der Waals surface area contributed by atoms with Crippen molar-refractivity contribution >= 4 is 5.71 Å². The molecule has 0 spiro atoms. The van der Waals surface area contributed by atoms with Crippen LogP contribution in [0.4, 0.5) is 0 Å². The highest BCUT2D eigenvalue weighted by Gasteiger charge is 2.24. The number of rotatable bonds is 11. The molecule has 1 N–H and O–H groups in total. The van der Waals surface area contributed by atoms with Crippen LogP contribution in [0.15, 0.2) is 46.9 Å². The summed E-state index contributed by atoms with van der Waals surface area (Å²) in [5.74, 6) is 0.808. The highest BCUT2D eigenvalue weighted by molar-refractivity contribution is 6.11. The van der Waals surface area contributed by atoms with E-state index in [1.807, 2.05) is 35.3 Å². The monoisotopic (exact) mass is 345 g/mol. The van der Waals surface area contributed by atoms with Gasteiger partial charge in [0.25, 0.3) is 0 Å². The molecule has 2 rings (SSSR count). The first-order chi connectivity index (χ1) is 12.3. The molecule has 5 heteroatoms. The van der Waals surface area contributed by atoms with Crippen molar-refractivity contribution in [3.63, 3.8) is 0 Å². The molecule has 0 fully saturated rings. The Balaban J connectivity index is 2.04. The summed E-state index contributed by atoms with van der Waals surface area (Å²) < 4.78 is 11.7.